The lowest BCUT2D eigenvalue weighted by Gasteiger charge is -2.23. The largest absolute Gasteiger partial charge is 0.473 e. The van der Waals surface area contributed by atoms with Gasteiger partial charge in [0.1, 0.15) is 24.1 Å². The molecule has 0 saturated heterocycles. The smallest absolute Gasteiger partial charge is 0.407 e. The molecule has 0 aliphatic heterocycles. The minimum Gasteiger partial charge on any atom is -0.473 e. The molecule has 32 heavy (non-hydrogen) atoms. The fraction of sp³-hybridized carbons (Fsp3) is 0.435. The first-order chi connectivity index (χ1) is 15.4. The predicted molar refractivity (Wildman–Crippen MR) is 122 cm³/mol. The first-order valence-electron chi connectivity index (χ1n) is 10.9. The van der Waals surface area contributed by atoms with Gasteiger partial charge in [0.05, 0.1) is 24.1 Å². The van der Waals surface area contributed by atoms with Gasteiger partial charge in [-0.05, 0) is 38.2 Å². The van der Waals surface area contributed by atoms with Crippen LogP contribution in [-0.2, 0) is 11.3 Å². The fourth-order valence-electron chi connectivity index (χ4n) is 3.54. The minimum absolute atomic E-state index is 0.0769. The van der Waals surface area contributed by atoms with Crippen molar-refractivity contribution >= 4 is 11.8 Å². The molecule has 1 amide bonds. The maximum atomic E-state index is 12.1. The van der Waals surface area contributed by atoms with Crippen LogP contribution in [0.4, 0.5) is 4.79 Å². The van der Waals surface area contributed by atoms with Crippen LogP contribution in [0.25, 0.3) is 5.70 Å². The number of benzene rings is 1. The van der Waals surface area contributed by atoms with Crippen molar-refractivity contribution in [2.24, 2.45) is 11.6 Å². The van der Waals surface area contributed by atoms with Gasteiger partial charge in [-0.3, -0.25) is 0 Å². The number of rotatable bonds is 8. The Kier molecular flexibility index (Phi) is 8.27. The van der Waals surface area contributed by atoms with Gasteiger partial charge in [0.2, 0.25) is 5.88 Å². The van der Waals surface area contributed by atoms with Crippen molar-refractivity contribution in [2.75, 3.05) is 13.6 Å². The van der Waals surface area contributed by atoms with Gasteiger partial charge in [0.15, 0.2) is 0 Å². The van der Waals surface area contributed by atoms with Crippen molar-refractivity contribution in [2.45, 2.75) is 51.7 Å². The molecule has 0 atom stereocenters. The summed E-state index contributed by atoms with van der Waals surface area (Å²) >= 11 is 0. The van der Waals surface area contributed by atoms with Crippen LogP contribution in [0.15, 0.2) is 42.2 Å². The number of carbonyl (C=O) groups is 1. The topological polar surface area (TPSA) is 129 Å². The number of aromatic nitrogens is 2. The Labute approximate surface area is 188 Å². The molecule has 0 bridgehead atoms. The number of nitrogens with one attached hydrogen (secondary N) is 1. The predicted octanol–water partition coefficient (Wildman–Crippen LogP) is 2.86. The summed E-state index contributed by atoms with van der Waals surface area (Å²) in [5, 5.41) is 4.02. The van der Waals surface area contributed by atoms with E-state index >= 15 is 0 Å². The van der Waals surface area contributed by atoms with E-state index in [0.717, 1.165) is 18.4 Å². The number of nitrogens with two attached hydrogens (primary N) is 2. The van der Waals surface area contributed by atoms with Gasteiger partial charge in [-0.1, -0.05) is 36.8 Å². The Morgan fingerprint density at radius 2 is 1.94 bits per heavy atom. The summed E-state index contributed by atoms with van der Waals surface area (Å²) in [5.41, 5.74) is 9.14. The molecule has 172 valence electrons. The van der Waals surface area contributed by atoms with Crippen molar-refractivity contribution in [3.8, 4) is 5.88 Å². The zero-order valence-electron chi connectivity index (χ0n) is 18.7. The van der Waals surface area contributed by atoms with Gasteiger partial charge < -0.3 is 25.5 Å². The molecule has 3 rings (SSSR count). The molecule has 1 fully saturated rings. The highest BCUT2D eigenvalue weighted by Crippen LogP contribution is 2.24. The summed E-state index contributed by atoms with van der Waals surface area (Å²) in [5.74, 6) is 6.47. The van der Waals surface area contributed by atoms with Crippen LogP contribution in [-0.4, -0.2) is 40.8 Å². The summed E-state index contributed by atoms with van der Waals surface area (Å²) in [6.45, 7) is 2.09. The second-order valence-electron chi connectivity index (χ2n) is 7.91. The summed E-state index contributed by atoms with van der Waals surface area (Å²) in [7, 11) is 1.64. The highest BCUT2D eigenvalue weighted by Gasteiger charge is 2.18. The lowest BCUT2D eigenvalue weighted by molar-refractivity contribution is 0.140. The summed E-state index contributed by atoms with van der Waals surface area (Å²) < 4.78 is 11.3. The van der Waals surface area contributed by atoms with Crippen molar-refractivity contribution in [3.05, 3.63) is 59.2 Å². The SMILES string of the molecule is Cc1nc(/C(N)=C(\CNC(=O)OCc2ccccc2)N(C)N)cnc1OC1CCCCC1. The molecule has 0 unspecified atom stereocenters. The number of alkyl carbamates (subject to hydrolysis) is 1. The number of hydrogen-bond donors (Lipinski definition) is 3. The van der Waals surface area contributed by atoms with E-state index in [9.17, 15) is 4.79 Å². The molecule has 5 N–H and O–H groups in total. The van der Waals surface area contributed by atoms with Crippen LogP contribution < -0.4 is 21.6 Å². The third kappa shape index (κ3) is 6.58. The van der Waals surface area contributed by atoms with Crippen LogP contribution in [0.2, 0.25) is 0 Å². The molecular formula is C23H32N6O3. The highest BCUT2D eigenvalue weighted by molar-refractivity contribution is 5.69. The number of amides is 1. The van der Waals surface area contributed by atoms with Crippen LogP contribution >= 0.6 is 0 Å². The van der Waals surface area contributed by atoms with E-state index < -0.39 is 6.09 Å². The van der Waals surface area contributed by atoms with Crippen molar-refractivity contribution in [1.82, 2.24) is 20.3 Å². The Morgan fingerprint density at radius 3 is 2.59 bits per heavy atom. The van der Waals surface area contributed by atoms with E-state index in [-0.39, 0.29) is 19.3 Å². The second kappa shape index (κ2) is 11.3. The van der Waals surface area contributed by atoms with E-state index in [2.05, 4.69) is 15.3 Å². The van der Waals surface area contributed by atoms with Gasteiger partial charge in [-0.25, -0.2) is 20.6 Å². The number of nitrogens with zero attached hydrogens (tertiary/aromatic N) is 3. The van der Waals surface area contributed by atoms with Gasteiger partial charge in [0, 0.05) is 7.05 Å². The highest BCUT2D eigenvalue weighted by atomic mass is 16.5. The molecular weight excluding hydrogens is 408 g/mol. The number of hydrazine groups is 1. The van der Waals surface area contributed by atoms with Crippen molar-refractivity contribution in [3.63, 3.8) is 0 Å². The molecule has 2 aromatic rings. The van der Waals surface area contributed by atoms with Gasteiger partial charge in [-0.2, -0.15) is 0 Å². The average molecular weight is 441 g/mol. The number of carbonyl (C=O) groups excluding carboxylic acids is 1. The summed E-state index contributed by atoms with van der Waals surface area (Å²) in [6.07, 6.45) is 6.88. The molecule has 1 heterocycles. The van der Waals surface area contributed by atoms with Gasteiger partial charge in [0.25, 0.3) is 0 Å². The van der Waals surface area contributed by atoms with Crippen LogP contribution in [0.3, 0.4) is 0 Å². The monoisotopic (exact) mass is 440 g/mol. The average Bonchev–Trinajstić information content (AvgIpc) is 2.80. The quantitative estimate of drug-likeness (QED) is 0.422. The second-order valence-corrected chi connectivity index (χ2v) is 7.91. The number of likely N-dealkylation sites (N-methyl/N-ethyl adjacent to an activating group) is 1. The minimum atomic E-state index is -0.570. The fourth-order valence-corrected chi connectivity index (χ4v) is 3.54. The summed E-state index contributed by atoms with van der Waals surface area (Å²) in [6, 6.07) is 9.44. The van der Waals surface area contributed by atoms with Crippen LogP contribution in [0.5, 0.6) is 5.88 Å². The van der Waals surface area contributed by atoms with E-state index in [1.165, 1.54) is 24.3 Å². The van der Waals surface area contributed by atoms with E-state index in [0.29, 0.717) is 28.7 Å². The standard InChI is InChI=1S/C23H32N6O3/c1-16-22(32-18-11-7-4-8-12-18)26-13-19(28-16)21(24)20(29(2)25)14-27-23(30)31-15-17-9-5-3-6-10-17/h3,5-6,9-10,13,18H,4,7-8,11-12,14-15,24-25H2,1-2H3,(H,27,30)/b21-20-. The zero-order valence-corrected chi connectivity index (χ0v) is 18.7. The molecule has 9 nitrogen and oxygen atoms in total. The van der Waals surface area contributed by atoms with Gasteiger partial charge in [-0.15, -0.1) is 0 Å². The van der Waals surface area contributed by atoms with Crippen LogP contribution in [0.1, 0.15) is 49.1 Å². The molecule has 1 aromatic carbocycles. The number of ether oxygens (including phenoxy) is 2. The molecule has 1 aliphatic carbocycles. The number of hydrogen-bond acceptors (Lipinski definition) is 8. The third-order valence-electron chi connectivity index (χ3n) is 5.36. The van der Waals surface area contributed by atoms with E-state index in [1.54, 1.807) is 13.2 Å². The molecule has 1 aliphatic rings. The maximum Gasteiger partial charge on any atom is 0.407 e. The van der Waals surface area contributed by atoms with E-state index in [4.69, 9.17) is 21.1 Å². The van der Waals surface area contributed by atoms with Crippen molar-refractivity contribution < 1.29 is 14.3 Å². The molecule has 9 heteroatoms. The Bertz CT molecular complexity index is 927. The normalized spacial score (nSPS) is 15.0. The maximum absolute atomic E-state index is 12.1. The Hall–Kier alpha value is -3.33. The van der Waals surface area contributed by atoms with Gasteiger partial charge >= 0.3 is 6.09 Å². The third-order valence-corrected chi connectivity index (χ3v) is 5.36. The lowest BCUT2D eigenvalue weighted by Crippen LogP contribution is -2.36. The Balaban J connectivity index is 1.63. The molecule has 1 saturated carbocycles. The summed E-state index contributed by atoms with van der Waals surface area (Å²) in [4.78, 5) is 21.1. The molecule has 0 radical (unpaired) electrons. The van der Waals surface area contributed by atoms with E-state index in [1.807, 2.05) is 37.3 Å². The first-order valence-corrected chi connectivity index (χ1v) is 10.9. The lowest BCUT2D eigenvalue weighted by atomic mass is 9.98. The molecule has 0 spiro atoms. The first kappa shape index (κ1) is 23.3. The van der Waals surface area contributed by atoms with Crippen LogP contribution in [0, 0.1) is 6.92 Å². The molecule has 1 aromatic heterocycles. The van der Waals surface area contributed by atoms with Crippen molar-refractivity contribution in [1.29, 1.82) is 0 Å². The number of aryl methyl sites for hydroxylation is 1. The zero-order chi connectivity index (χ0) is 22.9. The Morgan fingerprint density at radius 1 is 1.22 bits per heavy atom.